The third-order valence-corrected chi connectivity index (χ3v) is 8.12. The Hall–Kier alpha value is -3.34. The molecule has 1 aromatic carbocycles. The van der Waals surface area contributed by atoms with E-state index in [1.165, 1.54) is 11.3 Å². The number of aromatic nitrogens is 2. The summed E-state index contributed by atoms with van der Waals surface area (Å²) in [5.41, 5.74) is 2.88. The van der Waals surface area contributed by atoms with Gasteiger partial charge in [0.2, 0.25) is 0 Å². The number of anilines is 2. The van der Waals surface area contributed by atoms with E-state index in [2.05, 4.69) is 15.7 Å². The van der Waals surface area contributed by atoms with E-state index in [0.29, 0.717) is 22.5 Å². The Morgan fingerprint density at radius 3 is 2.58 bits per heavy atom. The summed E-state index contributed by atoms with van der Waals surface area (Å²) in [4.78, 5) is 27.5. The topological polar surface area (TPSA) is 85.2 Å². The molecule has 3 heterocycles. The lowest BCUT2D eigenvalue weighted by Crippen LogP contribution is -2.36. The number of thiophene rings is 1. The smallest absolute Gasteiger partial charge is 0.410 e. The quantitative estimate of drug-likeness (QED) is 0.352. The monoisotopic (exact) mass is 546 g/mol. The molecule has 0 bridgehead atoms. The highest BCUT2D eigenvalue weighted by Gasteiger charge is 2.47. The van der Waals surface area contributed by atoms with E-state index in [1.807, 2.05) is 19.1 Å². The molecule has 2 atom stereocenters. The lowest BCUT2D eigenvalue weighted by atomic mass is 9.95. The molecule has 1 aliphatic carbocycles. The predicted octanol–water partition coefficient (Wildman–Crippen LogP) is 6.61. The molecule has 11 heteroatoms. The minimum Gasteiger partial charge on any atom is -0.459 e. The maximum absolute atomic E-state index is 14.1. The van der Waals surface area contributed by atoms with Gasteiger partial charge in [0.25, 0.3) is 5.91 Å². The zero-order chi connectivity index (χ0) is 27.2. The van der Waals surface area contributed by atoms with Gasteiger partial charge >= 0.3 is 12.1 Å². The highest BCUT2D eigenvalue weighted by atomic mass is 32.1. The highest BCUT2D eigenvalue weighted by molar-refractivity contribution is 7.17. The van der Waals surface area contributed by atoms with Crippen LogP contribution < -0.4 is 10.6 Å². The van der Waals surface area contributed by atoms with Gasteiger partial charge < -0.3 is 15.4 Å². The van der Waals surface area contributed by atoms with Gasteiger partial charge in [0.1, 0.15) is 16.4 Å². The SMILES string of the molecule is Cc1ccc([C@@H]2C[C@H](C(F)(F)F)n3ncc(C(=O)Nc4sc5c(c4C(=O)OC(C)C)CCCC5)c3N2)cc1. The number of rotatable bonds is 5. The standard InChI is InChI=1S/C27H29F3N4O3S/c1-14(2)37-26(36)22-17-6-4-5-7-20(17)38-25(22)33-24(35)18-13-31-34-21(27(28,29)30)12-19(32-23(18)34)16-10-8-15(3)9-11-16/h8-11,13-14,19,21,32H,4-7,12H2,1-3H3,(H,33,35)/t19-,21+/m0/s1. The fourth-order valence-corrected chi connectivity index (χ4v) is 6.33. The lowest BCUT2D eigenvalue weighted by Gasteiger charge is -2.34. The summed E-state index contributed by atoms with van der Waals surface area (Å²) in [5, 5.41) is 10.2. The van der Waals surface area contributed by atoms with Crippen LogP contribution in [0.3, 0.4) is 0 Å². The molecule has 202 valence electrons. The van der Waals surface area contributed by atoms with Crippen LogP contribution in [0.2, 0.25) is 0 Å². The number of hydrogen-bond donors (Lipinski definition) is 2. The van der Waals surface area contributed by atoms with Crippen molar-refractivity contribution in [1.29, 1.82) is 0 Å². The Bertz CT molecular complexity index is 1360. The van der Waals surface area contributed by atoms with Crippen LogP contribution in [0.15, 0.2) is 30.5 Å². The van der Waals surface area contributed by atoms with Crippen molar-refractivity contribution in [3.05, 3.63) is 63.2 Å². The fraction of sp³-hybridized carbons (Fsp3) is 0.444. The number of esters is 1. The minimum atomic E-state index is -4.56. The predicted molar refractivity (Wildman–Crippen MR) is 139 cm³/mol. The van der Waals surface area contributed by atoms with Gasteiger partial charge in [0, 0.05) is 11.3 Å². The first-order valence-corrected chi connectivity index (χ1v) is 13.5. The van der Waals surface area contributed by atoms with Gasteiger partial charge in [-0.2, -0.15) is 18.3 Å². The number of nitrogens with zero attached hydrogens (tertiary/aromatic N) is 2. The number of fused-ring (bicyclic) bond motifs is 2. The van der Waals surface area contributed by atoms with Crippen molar-refractivity contribution in [1.82, 2.24) is 9.78 Å². The van der Waals surface area contributed by atoms with Crippen molar-refractivity contribution >= 4 is 34.0 Å². The second kappa shape index (κ2) is 10.1. The Labute approximate surface area is 222 Å². The number of halogens is 3. The minimum absolute atomic E-state index is 0.00530. The van der Waals surface area contributed by atoms with E-state index in [-0.39, 0.29) is 23.9 Å². The van der Waals surface area contributed by atoms with Crippen molar-refractivity contribution < 1.29 is 27.5 Å². The van der Waals surface area contributed by atoms with E-state index in [0.717, 1.165) is 46.1 Å². The molecule has 5 rings (SSSR count). The summed E-state index contributed by atoms with van der Waals surface area (Å²) < 4.78 is 48.5. The normalized spacial score (nSPS) is 18.9. The van der Waals surface area contributed by atoms with Gasteiger partial charge in [0.05, 0.1) is 23.9 Å². The first-order chi connectivity index (χ1) is 18.0. The molecule has 0 saturated carbocycles. The summed E-state index contributed by atoms with van der Waals surface area (Å²) >= 11 is 1.32. The number of benzene rings is 1. The second-order valence-electron chi connectivity index (χ2n) is 10.1. The number of hydrogen-bond acceptors (Lipinski definition) is 6. The van der Waals surface area contributed by atoms with Gasteiger partial charge in [-0.3, -0.25) is 4.79 Å². The van der Waals surface area contributed by atoms with Crippen LogP contribution in [0, 0.1) is 6.92 Å². The number of aryl methyl sites for hydroxylation is 2. The van der Waals surface area contributed by atoms with Gasteiger partial charge in [0.15, 0.2) is 6.04 Å². The van der Waals surface area contributed by atoms with E-state index in [4.69, 9.17) is 4.74 Å². The Balaban J connectivity index is 1.49. The molecule has 2 aliphatic rings. The lowest BCUT2D eigenvalue weighted by molar-refractivity contribution is -0.173. The van der Waals surface area contributed by atoms with E-state index < -0.39 is 30.1 Å². The second-order valence-corrected chi connectivity index (χ2v) is 11.2. The summed E-state index contributed by atoms with van der Waals surface area (Å²) in [5.74, 6) is -1.16. The van der Waals surface area contributed by atoms with Crippen LogP contribution in [0.4, 0.5) is 24.0 Å². The molecule has 1 aliphatic heterocycles. The summed E-state index contributed by atoms with van der Waals surface area (Å²) in [7, 11) is 0. The van der Waals surface area contributed by atoms with Crippen LogP contribution in [0.1, 0.15) is 87.5 Å². The molecule has 0 unspecified atom stereocenters. The Morgan fingerprint density at radius 2 is 1.89 bits per heavy atom. The highest BCUT2D eigenvalue weighted by Crippen LogP contribution is 2.45. The average molecular weight is 547 g/mol. The molecule has 2 N–H and O–H groups in total. The van der Waals surface area contributed by atoms with E-state index >= 15 is 0 Å². The molecule has 3 aromatic rings. The third kappa shape index (κ3) is 5.03. The maximum Gasteiger partial charge on any atom is 0.410 e. The molecule has 0 fully saturated rings. The average Bonchev–Trinajstić information content (AvgIpc) is 3.44. The Kier molecular flexibility index (Phi) is 6.97. The van der Waals surface area contributed by atoms with Crippen molar-refractivity contribution in [2.75, 3.05) is 10.6 Å². The maximum atomic E-state index is 14.1. The van der Waals surface area contributed by atoms with Crippen molar-refractivity contribution in [3.63, 3.8) is 0 Å². The van der Waals surface area contributed by atoms with Gasteiger partial charge in [-0.05, 0) is 57.6 Å². The van der Waals surface area contributed by atoms with Crippen LogP contribution in [-0.4, -0.2) is 33.9 Å². The van der Waals surface area contributed by atoms with E-state index in [9.17, 15) is 22.8 Å². The third-order valence-electron chi connectivity index (χ3n) is 6.91. The Morgan fingerprint density at radius 1 is 1.18 bits per heavy atom. The molecule has 0 radical (unpaired) electrons. The molecule has 38 heavy (non-hydrogen) atoms. The van der Waals surface area contributed by atoms with Gasteiger partial charge in [-0.1, -0.05) is 29.8 Å². The molecular weight excluding hydrogens is 517 g/mol. The number of carbonyl (C=O) groups is 2. The molecule has 2 aromatic heterocycles. The zero-order valence-electron chi connectivity index (χ0n) is 21.3. The summed E-state index contributed by atoms with van der Waals surface area (Å²) in [6.07, 6.45) is -0.582. The molecule has 0 saturated heterocycles. The van der Waals surface area contributed by atoms with E-state index in [1.54, 1.807) is 26.0 Å². The molecule has 0 spiro atoms. The zero-order valence-corrected chi connectivity index (χ0v) is 22.1. The summed E-state index contributed by atoms with van der Waals surface area (Å²) in [6.45, 7) is 5.41. The molecule has 7 nitrogen and oxygen atoms in total. The first kappa shape index (κ1) is 26.3. The van der Waals surface area contributed by atoms with Crippen LogP contribution >= 0.6 is 11.3 Å². The number of nitrogens with one attached hydrogen (secondary N) is 2. The molecule has 1 amide bonds. The number of amides is 1. The first-order valence-electron chi connectivity index (χ1n) is 12.7. The largest absolute Gasteiger partial charge is 0.459 e. The van der Waals surface area contributed by atoms with Crippen molar-refractivity contribution in [3.8, 4) is 0 Å². The van der Waals surface area contributed by atoms with Crippen molar-refractivity contribution in [2.45, 2.75) is 77.2 Å². The fourth-order valence-electron chi connectivity index (χ4n) is 5.06. The summed E-state index contributed by atoms with van der Waals surface area (Å²) in [6, 6.07) is 4.70. The number of carbonyl (C=O) groups excluding carboxylic acids is 2. The molecular formula is C27H29F3N4O3S. The van der Waals surface area contributed by atoms with Crippen LogP contribution in [0.25, 0.3) is 0 Å². The number of ether oxygens (including phenoxy) is 1. The van der Waals surface area contributed by atoms with Crippen LogP contribution in [-0.2, 0) is 17.6 Å². The number of alkyl halides is 3. The van der Waals surface area contributed by atoms with Crippen molar-refractivity contribution in [2.24, 2.45) is 0 Å². The van der Waals surface area contributed by atoms with Gasteiger partial charge in [-0.15, -0.1) is 11.3 Å². The van der Waals surface area contributed by atoms with Gasteiger partial charge in [-0.25, -0.2) is 9.48 Å². The van der Waals surface area contributed by atoms with Crippen LogP contribution in [0.5, 0.6) is 0 Å².